The van der Waals surface area contributed by atoms with Crippen LogP contribution in [0.2, 0.25) is 0 Å². The van der Waals surface area contributed by atoms with E-state index in [2.05, 4.69) is 5.32 Å². The minimum atomic E-state index is -0.352. The molecule has 0 atom stereocenters. The minimum Gasteiger partial charge on any atom is -0.486 e. The number of carbonyl (C=O) groups excluding carboxylic acids is 1. The van der Waals surface area contributed by atoms with Crippen molar-refractivity contribution in [1.29, 1.82) is 0 Å². The van der Waals surface area contributed by atoms with Crippen molar-refractivity contribution >= 4 is 5.91 Å². The minimum absolute atomic E-state index is 0.0494. The van der Waals surface area contributed by atoms with Crippen LogP contribution in [0.4, 0.5) is 4.39 Å². The molecular weight excluding hydrogens is 297 g/mol. The van der Waals surface area contributed by atoms with E-state index in [9.17, 15) is 9.18 Å². The number of halogens is 1. The van der Waals surface area contributed by atoms with Crippen LogP contribution in [0.1, 0.15) is 11.1 Å². The number of carbonyl (C=O) groups is 1. The molecule has 2 aromatic carbocycles. The topological polar surface area (TPSA) is 47.6 Å². The highest BCUT2D eigenvalue weighted by Crippen LogP contribution is 2.30. The zero-order chi connectivity index (χ0) is 16.1. The van der Waals surface area contributed by atoms with E-state index in [4.69, 9.17) is 9.47 Å². The predicted molar refractivity (Wildman–Crippen MR) is 84.2 cm³/mol. The van der Waals surface area contributed by atoms with E-state index in [0.29, 0.717) is 31.7 Å². The summed E-state index contributed by atoms with van der Waals surface area (Å²) in [6.45, 7) is 1.61. The highest BCUT2D eigenvalue weighted by atomic mass is 19.1. The maximum atomic E-state index is 13.5. The molecule has 1 aliphatic rings. The number of hydrogen-bond donors (Lipinski definition) is 1. The van der Waals surface area contributed by atoms with Gasteiger partial charge in [-0.1, -0.05) is 24.3 Å². The number of nitrogens with one attached hydrogen (secondary N) is 1. The van der Waals surface area contributed by atoms with E-state index >= 15 is 0 Å². The third-order valence-electron chi connectivity index (χ3n) is 3.65. The summed E-state index contributed by atoms with van der Waals surface area (Å²) in [5.74, 6) is 0.956. The van der Waals surface area contributed by atoms with Gasteiger partial charge in [-0.25, -0.2) is 4.39 Å². The lowest BCUT2D eigenvalue weighted by molar-refractivity contribution is -0.120. The van der Waals surface area contributed by atoms with Crippen LogP contribution in [0.25, 0.3) is 0 Å². The van der Waals surface area contributed by atoms with Crippen molar-refractivity contribution in [3.05, 3.63) is 59.4 Å². The zero-order valence-corrected chi connectivity index (χ0v) is 12.7. The third-order valence-corrected chi connectivity index (χ3v) is 3.65. The normalized spacial score (nSPS) is 12.7. The van der Waals surface area contributed by atoms with Gasteiger partial charge in [0.2, 0.25) is 5.91 Å². The van der Waals surface area contributed by atoms with Crippen LogP contribution in [0.5, 0.6) is 11.5 Å². The van der Waals surface area contributed by atoms with Crippen LogP contribution < -0.4 is 14.8 Å². The number of fused-ring (bicyclic) bond motifs is 1. The van der Waals surface area contributed by atoms with Gasteiger partial charge in [-0.3, -0.25) is 4.79 Å². The Hall–Kier alpha value is -2.56. The average Bonchev–Trinajstić information content (AvgIpc) is 2.57. The number of benzene rings is 2. The van der Waals surface area contributed by atoms with Gasteiger partial charge in [-0.2, -0.15) is 0 Å². The molecule has 0 bridgehead atoms. The molecule has 1 N–H and O–H groups in total. The molecule has 120 valence electrons. The Balaban J connectivity index is 1.49. The Bertz CT molecular complexity index is 702. The molecule has 0 radical (unpaired) electrons. The lowest BCUT2D eigenvalue weighted by Gasteiger charge is -2.18. The summed E-state index contributed by atoms with van der Waals surface area (Å²) >= 11 is 0. The molecule has 0 aliphatic carbocycles. The fourth-order valence-electron chi connectivity index (χ4n) is 2.47. The van der Waals surface area contributed by atoms with E-state index in [-0.39, 0.29) is 18.1 Å². The summed E-state index contributed by atoms with van der Waals surface area (Å²) in [7, 11) is 0. The second kappa shape index (κ2) is 7.13. The SMILES string of the molecule is O=C(Cc1ccccc1F)NCCc1ccc2c(c1)OCCO2. The predicted octanol–water partition coefficient (Wildman–Crippen LogP) is 2.50. The van der Waals surface area contributed by atoms with E-state index in [1.807, 2.05) is 18.2 Å². The van der Waals surface area contributed by atoms with E-state index in [1.54, 1.807) is 18.2 Å². The maximum absolute atomic E-state index is 13.5. The number of amides is 1. The lowest BCUT2D eigenvalue weighted by Crippen LogP contribution is -2.27. The van der Waals surface area contributed by atoms with Crippen LogP contribution in [-0.4, -0.2) is 25.7 Å². The van der Waals surface area contributed by atoms with Gasteiger partial charge in [0.15, 0.2) is 11.5 Å². The van der Waals surface area contributed by atoms with Gasteiger partial charge < -0.3 is 14.8 Å². The maximum Gasteiger partial charge on any atom is 0.224 e. The zero-order valence-electron chi connectivity index (χ0n) is 12.7. The molecule has 0 fully saturated rings. The van der Waals surface area contributed by atoms with Crippen molar-refractivity contribution in [3.8, 4) is 11.5 Å². The highest BCUT2D eigenvalue weighted by Gasteiger charge is 2.12. The fraction of sp³-hybridized carbons (Fsp3) is 0.278. The van der Waals surface area contributed by atoms with Gasteiger partial charge in [-0.05, 0) is 35.7 Å². The number of hydrogen-bond acceptors (Lipinski definition) is 3. The molecule has 1 aliphatic heterocycles. The van der Waals surface area contributed by atoms with Crippen molar-refractivity contribution in [2.24, 2.45) is 0 Å². The second-order valence-electron chi connectivity index (χ2n) is 5.35. The molecule has 3 rings (SSSR count). The van der Waals surface area contributed by atoms with Crippen molar-refractivity contribution in [1.82, 2.24) is 5.32 Å². The first-order valence-corrected chi connectivity index (χ1v) is 7.61. The Morgan fingerprint density at radius 1 is 1.09 bits per heavy atom. The average molecular weight is 315 g/mol. The van der Waals surface area contributed by atoms with Crippen molar-refractivity contribution < 1.29 is 18.7 Å². The first-order chi connectivity index (χ1) is 11.2. The first kappa shape index (κ1) is 15.3. The summed E-state index contributed by atoms with van der Waals surface area (Å²) in [6, 6.07) is 12.1. The summed E-state index contributed by atoms with van der Waals surface area (Å²) in [5.41, 5.74) is 1.46. The van der Waals surface area contributed by atoms with Crippen molar-refractivity contribution in [3.63, 3.8) is 0 Å². The molecule has 23 heavy (non-hydrogen) atoms. The molecule has 0 spiro atoms. The summed E-state index contributed by atoms with van der Waals surface area (Å²) in [4.78, 5) is 11.9. The highest BCUT2D eigenvalue weighted by molar-refractivity contribution is 5.78. The second-order valence-corrected chi connectivity index (χ2v) is 5.35. The van der Waals surface area contributed by atoms with Crippen molar-refractivity contribution in [2.75, 3.05) is 19.8 Å². The monoisotopic (exact) mass is 315 g/mol. The largest absolute Gasteiger partial charge is 0.486 e. The summed E-state index contributed by atoms with van der Waals surface area (Å²) in [6.07, 6.45) is 0.730. The molecule has 0 aromatic heterocycles. The standard InChI is InChI=1S/C18H18FNO3/c19-15-4-2-1-3-14(15)12-18(21)20-8-7-13-5-6-16-17(11-13)23-10-9-22-16/h1-6,11H,7-10,12H2,(H,20,21). The van der Waals surface area contributed by atoms with Gasteiger partial charge in [-0.15, -0.1) is 0 Å². The number of ether oxygens (including phenoxy) is 2. The Morgan fingerprint density at radius 2 is 1.87 bits per heavy atom. The van der Waals surface area contributed by atoms with Crippen LogP contribution in [0.3, 0.4) is 0 Å². The quantitative estimate of drug-likeness (QED) is 0.922. The Kier molecular flexibility index (Phi) is 4.76. The first-order valence-electron chi connectivity index (χ1n) is 7.61. The molecule has 4 nitrogen and oxygen atoms in total. The smallest absolute Gasteiger partial charge is 0.224 e. The van der Waals surface area contributed by atoms with Gasteiger partial charge in [0.1, 0.15) is 19.0 Å². The van der Waals surface area contributed by atoms with E-state index < -0.39 is 0 Å². The Labute approximate surface area is 134 Å². The molecule has 0 saturated heterocycles. The fourth-order valence-corrected chi connectivity index (χ4v) is 2.47. The lowest BCUT2D eigenvalue weighted by atomic mass is 10.1. The van der Waals surface area contributed by atoms with Gasteiger partial charge >= 0.3 is 0 Å². The molecule has 0 saturated carbocycles. The molecule has 2 aromatic rings. The van der Waals surface area contributed by atoms with Crippen LogP contribution in [0.15, 0.2) is 42.5 Å². The molecule has 0 unspecified atom stereocenters. The summed E-state index contributed by atoms with van der Waals surface area (Å²) in [5, 5.41) is 2.81. The number of rotatable bonds is 5. The third kappa shape index (κ3) is 4.00. The Morgan fingerprint density at radius 3 is 2.70 bits per heavy atom. The van der Waals surface area contributed by atoms with Crippen LogP contribution in [-0.2, 0) is 17.6 Å². The van der Waals surface area contributed by atoms with Crippen molar-refractivity contribution in [2.45, 2.75) is 12.8 Å². The molecular formula is C18H18FNO3. The van der Waals surface area contributed by atoms with E-state index in [0.717, 1.165) is 17.1 Å². The molecule has 1 heterocycles. The molecule has 5 heteroatoms. The van der Waals surface area contributed by atoms with Gasteiger partial charge in [0.05, 0.1) is 6.42 Å². The van der Waals surface area contributed by atoms with Gasteiger partial charge in [0.25, 0.3) is 0 Å². The molecule has 1 amide bonds. The van der Waals surface area contributed by atoms with Gasteiger partial charge in [0, 0.05) is 6.54 Å². The summed E-state index contributed by atoms with van der Waals surface area (Å²) < 4.78 is 24.5. The van der Waals surface area contributed by atoms with E-state index in [1.165, 1.54) is 6.07 Å². The van der Waals surface area contributed by atoms with Crippen LogP contribution in [0, 0.1) is 5.82 Å². The van der Waals surface area contributed by atoms with Crippen LogP contribution >= 0.6 is 0 Å².